The SMILES string of the molecule is CN(CCc1cnc(-c2cc(C(=O)O)ccn2)n1CCc1ccc(F)cc1)Cc1ccc(Cl)cc1. The molecule has 0 saturated heterocycles. The molecule has 180 valence electrons. The molecule has 0 aliphatic heterocycles. The van der Waals surface area contributed by atoms with Gasteiger partial charge in [-0.1, -0.05) is 35.9 Å². The number of carbonyl (C=O) groups is 1. The Kier molecular flexibility index (Phi) is 7.90. The van der Waals surface area contributed by atoms with Gasteiger partial charge in [0.05, 0.1) is 5.56 Å². The number of pyridine rings is 1. The van der Waals surface area contributed by atoms with Gasteiger partial charge >= 0.3 is 5.97 Å². The van der Waals surface area contributed by atoms with E-state index in [1.54, 1.807) is 12.1 Å². The highest BCUT2D eigenvalue weighted by Crippen LogP contribution is 2.21. The number of imidazole rings is 1. The van der Waals surface area contributed by atoms with E-state index in [0.717, 1.165) is 35.8 Å². The maximum atomic E-state index is 13.3. The van der Waals surface area contributed by atoms with Gasteiger partial charge in [-0.3, -0.25) is 4.98 Å². The van der Waals surface area contributed by atoms with Gasteiger partial charge < -0.3 is 14.6 Å². The minimum Gasteiger partial charge on any atom is -0.478 e. The molecule has 0 atom stereocenters. The number of halogens is 2. The summed E-state index contributed by atoms with van der Waals surface area (Å²) in [6, 6.07) is 17.3. The molecule has 8 heteroatoms. The fourth-order valence-corrected chi connectivity index (χ4v) is 4.05. The first-order valence-corrected chi connectivity index (χ1v) is 11.7. The van der Waals surface area contributed by atoms with Crippen molar-refractivity contribution < 1.29 is 14.3 Å². The van der Waals surface area contributed by atoms with Gasteiger partial charge in [0.15, 0.2) is 5.82 Å². The number of carboxylic acids is 1. The normalized spacial score (nSPS) is 11.2. The third-order valence-corrected chi connectivity index (χ3v) is 6.08. The Labute approximate surface area is 208 Å². The molecule has 0 fully saturated rings. The Bertz CT molecular complexity index is 1290. The molecule has 2 heterocycles. The van der Waals surface area contributed by atoms with Crippen LogP contribution in [-0.4, -0.2) is 44.1 Å². The highest BCUT2D eigenvalue weighted by atomic mass is 35.5. The Hall–Kier alpha value is -3.55. The highest BCUT2D eigenvalue weighted by molar-refractivity contribution is 6.30. The van der Waals surface area contributed by atoms with Gasteiger partial charge in [0.2, 0.25) is 0 Å². The first-order chi connectivity index (χ1) is 16.9. The predicted molar refractivity (Wildman–Crippen MR) is 134 cm³/mol. The molecule has 4 rings (SSSR count). The predicted octanol–water partition coefficient (Wildman–Crippen LogP) is 5.35. The fraction of sp³-hybridized carbons (Fsp3) is 0.222. The van der Waals surface area contributed by atoms with Crippen LogP contribution in [0.5, 0.6) is 0 Å². The van der Waals surface area contributed by atoms with Gasteiger partial charge in [-0.25, -0.2) is 14.2 Å². The standard InChI is InChI=1S/C27H26ClFN4O2/c1-32(18-20-2-6-22(28)7-3-20)14-12-24-17-31-26(25-16-21(27(34)35)10-13-30-25)33(24)15-11-19-4-8-23(29)9-5-19/h2-10,13,16-17H,11-12,14-15,18H2,1H3,(H,34,35). The van der Waals surface area contributed by atoms with Crippen molar-refractivity contribution in [3.63, 3.8) is 0 Å². The second kappa shape index (κ2) is 11.3. The van der Waals surface area contributed by atoms with Gasteiger partial charge in [0.25, 0.3) is 0 Å². The number of hydrogen-bond acceptors (Lipinski definition) is 4. The summed E-state index contributed by atoms with van der Waals surface area (Å²) in [6.07, 6.45) is 4.73. The van der Waals surface area contributed by atoms with Crippen molar-refractivity contribution >= 4 is 17.6 Å². The van der Waals surface area contributed by atoms with Crippen LogP contribution in [0.4, 0.5) is 4.39 Å². The number of benzene rings is 2. The Balaban J connectivity index is 1.54. The third-order valence-electron chi connectivity index (χ3n) is 5.83. The van der Waals surface area contributed by atoms with Crippen molar-refractivity contribution in [1.82, 2.24) is 19.4 Å². The minimum atomic E-state index is -1.01. The van der Waals surface area contributed by atoms with Crippen molar-refractivity contribution in [2.24, 2.45) is 0 Å². The summed E-state index contributed by atoms with van der Waals surface area (Å²) in [4.78, 5) is 22.7. The molecule has 0 unspecified atom stereocenters. The average Bonchev–Trinajstić information content (AvgIpc) is 3.26. The number of aromatic nitrogens is 3. The molecule has 0 bridgehead atoms. The monoisotopic (exact) mass is 492 g/mol. The van der Waals surface area contributed by atoms with Gasteiger partial charge in [0.1, 0.15) is 11.5 Å². The summed E-state index contributed by atoms with van der Waals surface area (Å²) in [5.74, 6) is -0.663. The fourth-order valence-electron chi connectivity index (χ4n) is 3.93. The van der Waals surface area contributed by atoms with E-state index in [9.17, 15) is 14.3 Å². The number of hydrogen-bond donors (Lipinski definition) is 1. The van der Waals surface area contributed by atoms with Crippen LogP contribution in [0.1, 0.15) is 27.2 Å². The molecule has 35 heavy (non-hydrogen) atoms. The van der Waals surface area contributed by atoms with Gasteiger partial charge in [-0.05, 0) is 61.0 Å². The lowest BCUT2D eigenvalue weighted by Gasteiger charge is -2.18. The molecular formula is C27H26ClFN4O2. The van der Waals surface area contributed by atoms with Gasteiger partial charge in [-0.2, -0.15) is 0 Å². The van der Waals surface area contributed by atoms with Crippen LogP contribution in [0.3, 0.4) is 0 Å². The third kappa shape index (κ3) is 6.53. The van der Waals surface area contributed by atoms with Crippen molar-refractivity contribution in [3.8, 4) is 11.5 Å². The van der Waals surface area contributed by atoms with Crippen LogP contribution in [0.2, 0.25) is 5.02 Å². The van der Waals surface area contributed by atoms with E-state index in [1.165, 1.54) is 36.0 Å². The summed E-state index contributed by atoms with van der Waals surface area (Å²) in [5, 5.41) is 10.1. The number of rotatable bonds is 10. The highest BCUT2D eigenvalue weighted by Gasteiger charge is 2.16. The molecule has 0 saturated carbocycles. The van der Waals surface area contributed by atoms with E-state index >= 15 is 0 Å². The zero-order chi connectivity index (χ0) is 24.8. The molecule has 2 aromatic carbocycles. The van der Waals surface area contributed by atoms with E-state index in [-0.39, 0.29) is 11.4 Å². The molecule has 0 spiro atoms. The number of likely N-dealkylation sites (N-methyl/N-ethyl adjacent to an activating group) is 1. The van der Waals surface area contributed by atoms with Crippen LogP contribution < -0.4 is 0 Å². The summed E-state index contributed by atoms with van der Waals surface area (Å²) >= 11 is 5.99. The molecule has 0 radical (unpaired) electrons. The smallest absolute Gasteiger partial charge is 0.335 e. The first kappa shape index (κ1) is 24.6. The lowest BCUT2D eigenvalue weighted by molar-refractivity contribution is 0.0697. The molecule has 0 aliphatic rings. The molecule has 4 aromatic rings. The van der Waals surface area contributed by atoms with Crippen LogP contribution >= 0.6 is 11.6 Å². The summed E-state index contributed by atoms with van der Waals surface area (Å²) in [7, 11) is 2.06. The quantitative estimate of drug-likeness (QED) is 0.323. The summed E-state index contributed by atoms with van der Waals surface area (Å²) < 4.78 is 15.4. The topological polar surface area (TPSA) is 71.2 Å². The molecule has 0 amide bonds. The lowest BCUT2D eigenvalue weighted by atomic mass is 10.1. The molecule has 2 aromatic heterocycles. The molecular weight excluding hydrogens is 467 g/mol. The number of carboxylic acid groups (broad SMARTS) is 1. The summed E-state index contributed by atoms with van der Waals surface area (Å²) in [6.45, 7) is 2.19. The Morgan fingerprint density at radius 1 is 1.03 bits per heavy atom. The van der Waals surface area contributed by atoms with E-state index in [2.05, 4.69) is 26.5 Å². The second-order valence-electron chi connectivity index (χ2n) is 8.45. The van der Waals surface area contributed by atoms with Gasteiger partial charge in [0, 0.05) is 49.2 Å². The minimum absolute atomic E-state index is 0.160. The van der Waals surface area contributed by atoms with Crippen molar-refractivity contribution in [3.05, 3.63) is 106 Å². The number of aromatic carboxylic acids is 1. The summed E-state index contributed by atoms with van der Waals surface area (Å²) in [5.41, 5.74) is 3.87. The Morgan fingerprint density at radius 3 is 2.46 bits per heavy atom. The van der Waals surface area contributed by atoms with Crippen LogP contribution in [0.15, 0.2) is 73.1 Å². The van der Waals surface area contributed by atoms with Crippen LogP contribution in [0, 0.1) is 5.82 Å². The zero-order valence-electron chi connectivity index (χ0n) is 19.4. The van der Waals surface area contributed by atoms with Crippen molar-refractivity contribution in [2.45, 2.75) is 25.9 Å². The van der Waals surface area contributed by atoms with Crippen molar-refractivity contribution in [1.29, 1.82) is 0 Å². The van der Waals surface area contributed by atoms with E-state index in [0.29, 0.717) is 24.5 Å². The van der Waals surface area contributed by atoms with Crippen LogP contribution in [0.25, 0.3) is 11.5 Å². The maximum absolute atomic E-state index is 13.3. The second-order valence-corrected chi connectivity index (χ2v) is 8.89. The van der Waals surface area contributed by atoms with E-state index < -0.39 is 5.97 Å². The number of nitrogens with zero attached hydrogens (tertiary/aromatic N) is 4. The van der Waals surface area contributed by atoms with Gasteiger partial charge in [-0.15, -0.1) is 0 Å². The van der Waals surface area contributed by atoms with E-state index in [4.69, 9.17) is 11.6 Å². The largest absolute Gasteiger partial charge is 0.478 e. The lowest BCUT2D eigenvalue weighted by Crippen LogP contribution is -2.22. The van der Waals surface area contributed by atoms with Crippen LogP contribution in [-0.2, 0) is 25.9 Å². The van der Waals surface area contributed by atoms with E-state index in [1.807, 2.05) is 30.5 Å². The first-order valence-electron chi connectivity index (χ1n) is 11.3. The zero-order valence-corrected chi connectivity index (χ0v) is 20.1. The molecule has 6 nitrogen and oxygen atoms in total. The maximum Gasteiger partial charge on any atom is 0.335 e. The Morgan fingerprint density at radius 2 is 1.74 bits per heavy atom. The number of aryl methyl sites for hydroxylation is 1. The average molecular weight is 493 g/mol. The molecule has 0 aliphatic carbocycles. The molecule has 1 N–H and O–H groups in total. The van der Waals surface area contributed by atoms with Crippen molar-refractivity contribution in [2.75, 3.05) is 13.6 Å².